The smallest absolute Gasteiger partial charge is 0.416 e. The lowest BCUT2D eigenvalue weighted by molar-refractivity contribution is -0.142. The lowest BCUT2D eigenvalue weighted by Gasteiger charge is -2.11. The van der Waals surface area contributed by atoms with Gasteiger partial charge in [0.2, 0.25) is 0 Å². The maximum Gasteiger partial charge on any atom is 0.416 e. The number of ether oxygens (including phenoxy) is 1. The van der Waals surface area contributed by atoms with Crippen LogP contribution in [0.15, 0.2) is 24.3 Å². The number of cyclic esters (lactones) is 1. The zero-order valence-electron chi connectivity index (χ0n) is 8.25. The summed E-state index contributed by atoms with van der Waals surface area (Å²) in [5.74, 6) is -0.301. The van der Waals surface area contributed by atoms with Crippen LogP contribution in [0.2, 0.25) is 0 Å². The molecular weight excluding hydrogens is 221 g/mol. The minimum Gasteiger partial charge on any atom is -0.457 e. The summed E-state index contributed by atoms with van der Waals surface area (Å²) >= 11 is 0. The van der Waals surface area contributed by atoms with Gasteiger partial charge in [0.1, 0.15) is 6.10 Å². The van der Waals surface area contributed by atoms with Gasteiger partial charge in [0.25, 0.3) is 0 Å². The minimum atomic E-state index is -4.33. The molecule has 1 aliphatic rings. The van der Waals surface area contributed by atoms with Gasteiger partial charge in [0, 0.05) is 6.42 Å². The zero-order chi connectivity index (χ0) is 11.8. The third-order valence-electron chi connectivity index (χ3n) is 2.49. The molecule has 1 saturated heterocycles. The van der Waals surface area contributed by atoms with Crippen molar-refractivity contribution in [3.8, 4) is 0 Å². The largest absolute Gasteiger partial charge is 0.457 e. The molecule has 1 heterocycles. The Labute approximate surface area is 90.0 Å². The molecule has 16 heavy (non-hydrogen) atoms. The van der Waals surface area contributed by atoms with Gasteiger partial charge < -0.3 is 4.74 Å². The topological polar surface area (TPSA) is 26.3 Å². The Kier molecular flexibility index (Phi) is 2.61. The monoisotopic (exact) mass is 230 g/mol. The molecule has 1 aliphatic heterocycles. The molecule has 1 aromatic carbocycles. The van der Waals surface area contributed by atoms with E-state index in [0.717, 1.165) is 12.1 Å². The second kappa shape index (κ2) is 3.81. The van der Waals surface area contributed by atoms with E-state index >= 15 is 0 Å². The fourth-order valence-electron chi connectivity index (χ4n) is 1.65. The van der Waals surface area contributed by atoms with Crippen LogP contribution in [0.5, 0.6) is 0 Å². The summed E-state index contributed by atoms with van der Waals surface area (Å²) in [4.78, 5) is 10.9. The fraction of sp³-hybridized carbons (Fsp3) is 0.364. The van der Waals surface area contributed by atoms with Gasteiger partial charge in [-0.15, -0.1) is 0 Å². The second-order valence-electron chi connectivity index (χ2n) is 3.64. The highest BCUT2D eigenvalue weighted by Gasteiger charge is 2.31. The summed E-state index contributed by atoms with van der Waals surface area (Å²) in [7, 11) is 0. The van der Waals surface area contributed by atoms with Gasteiger partial charge in [-0.1, -0.05) is 12.1 Å². The Hall–Kier alpha value is -1.52. The van der Waals surface area contributed by atoms with Crippen LogP contribution in [-0.2, 0) is 15.7 Å². The van der Waals surface area contributed by atoms with Gasteiger partial charge in [0.05, 0.1) is 5.56 Å². The van der Waals surface area contributed by atoms with Gasteiger partial charge in [-0.2, -0.15) is 13.2 Å². The standard InChI is InChI=1S/C11H9F3O2/c12-11(13,14)8-3-1-7(2-4-8)9-5-6-10(15)16-9/h1-4,9H,5-6H2. The van der Waals surface area contributed by atoms with E-state index in [1.54, 1.807) is 0 Å². The molecule has 0 bridgehead atoms. The van der Waals surface area contributed by atoms with Crippen molar-refractivity contribution >= 4 is 5.97 Å². The van der Waals surface area contributed by atoms with Gasteiger partial charge in [-0.05, 0) is 24.1 Å². The van der Waals surface area contributed by atoms with Crippen molar-refractivity contribution in [3.05, 3.63) is 35.4 Å². The van der Waals surface area contributed by atoms with Crippen molar-refractivity contribution in [1.29, 1.82) is 0 Å². The number of rotatable bonds is 1. The summed E-state index contributed by atoms with van der Waals surface area (Å²) < 4.78 is 41.8. The number of halogens is 3. The molecule has 0 amide bonds. The average Bonchev–Trinajstić information content (AvgIpc) is 2.64. The van der Waals surface area contributed by atoms with Gasteiger partial charge >= 0.3 is 12.1 Å². The number of esters is 1. The van der Waals surface area contributed by atoms with E-state index < -0.39 is 17.8 Å². The highest BCUT2D eigenvalue weighted by Crippen LogP contribution is 2.33. The molecule has 0 radical (unpaired) electrons. The van der Waals surface area contributed by atoms with Crippen LogP contribution in [-0.4, -0.2) is 5.97 Å². The molecule has 86 valence electrons. The van der Waals surface area contributed by atoms with Crippen LogP contribution in [0.25, 0.3) is 0 Å². The third kappa shape index (κ3) is 2.18. The number of alkyl halides is 3. The molecule has 0 saturated carbocycles. The van der Waals surface area contributed by atoms with Crippen LogP contribution < -0.4 is 0 Å². The molecule has 0 aromatic heterocycles. The van der Waals surface area contributed by atoms with Crippen molar-refractivity contribution in [2.24, 2.45) is 0 Å². The van der Waals surface area contributed by atoms with Crippen LogP contribution in [0.1, 0.15) is 30.1 Å². The predicted octanol–water partition coefficient (Wildman–Crippen LogP) is 3.08. The van der Waals surface area contributed by atoms with Gasteiger partial charge in [-0.3, -0.25) is 4.79 Å². The first kappa shape index (κ1) is 11.0. The van der Waals surface area contributed by atoms with E-state index in [1.165, 1.54) is 12.1 Å². The molecule has 1 unspecified atom stereocenters. The first-order valence-corrected chi connectivity index (χ1v) is 4.83. The summed E-state index contributed by atoms with van der Waals surface area (Å²) in [6, 6.07) is 4.71. The van der Waals surface area contributed by atoms with Crippen LogP contribution in [0.4, 0.5) is 13.2 Å². The second-order valence-corrected chi connectivity index (χ2v) is 3.64. The van der Waals surface area contributed by atoms with Gasteiger partial charge in [-0.25, -0.2) is 0 Å². The Morgan fingerprint density at radius 1 is 1.19 bits per heavy atom. The van der Waals surface area contributed by atoms with Crippen LogP contribution in [0.3, 0.4) is 0 Å². The number of carbonyl (C=O) groups excluding carboxylic acids is 1. The normalized spacial score (nSPS) is 20.9. The molecule has 0 aliphatic carbocycles. The minimum absolute atomic E-state index is 0.301. The van der Waals surface area contributed by atoms with Crippen molar-refractivity contribution in [3.63, 3.8) is 0 Å². The number of carbonyl (C=O) groups is 1. The molecule has 2 rings (SSSR count). The van der Waals surface area contributed by atoms with E-state index in [4.69, 9.17) is 4.74 Å². The highest BCUT2D eigenvalue weighted by atomic mass is 19.4. The summed E-state index contributed by atoms with van der Waals surface area (Å²) in [5.41, 5.74) is -0.0839. The fourth-order valence-corrected chi connectivity index (χ4v) is 1.65. The quantitative estimate of drug-likeness (QED) is 0.693. The first-order chi connectivity index (χ1) is 7.47. The molecular formula is C11H9F3O2. The van der Waals surface area contributed by atoms with E-state index in [0.29, 0.717) is 18.4 Å². The molecule has 5 heteroatoms. The van der Waals surface area contributed by atoms with Gasteiger partial charge in [0.15, 0.2) is 0 Å². The maximum atomic E-state index is 12.3. The number of hydrogen-bond acceptors (Lipinski definition) is 2. The maximum absolute atomic E-state index is 12.3. The van der Waals surface area contributed by atoms with Crippen LogP contribution >= 0.6 is 0 Å². The first-order valence-electron chi connectivity index (χ1n) is 4.83. The zero-order valence-corrected chi connectivity index (χ0v) is 8.25. The molecule has 1 aromatic rings. The molecule has 2 nitrogen and oxygen atoms in total. The Balaban J connectivity index is 2.17. The molecule has 0 N–H and O–H groups in total. The average molecular weight is 230 g/mol. The van der Waals surface area contributed by atoms with Crippen molar-refractivity contribution in [2.75, 3.05) is 0 Å². The van der Waals surface area contributed by atoms with E-state index in [2.05, 4.69) is 0 Å². The Morgan fingerprint density at radius 3 is 2.25 bits per heavy atom. The van der Waals surface area contributed by atoms with Crippen LogP contribution in [0, 0.1) is 0 Å². The third-order valence-corrected chi connectivity index (χ3v) is 2.49. The van der Waals surface area contributed by atoms with E-state index in [-0.39, 0.29) is 5.97 Å². The number of benzene rings is 1. The SMILES string of the molecule is O=C1CCC(c2ccc(C(F)(F)F)cc2)O1. The lowest BCUT2D eigenvalue weighted by Crippen LogP contribution is -2.05. The Morgan fingerprint density at radius 2 is 1.81 bits per heavy atom. The Bertz CT molecular complexity index is 395. The molecule has 1 fully saturated rings. The van der Waals surface area contributed by atoms with E-state index in [9.17, 15) is 18.0 Å². The summed E-state index contributed by atoms with van der Waals surface area (Å²) in [5, 5.41) is 0. The summed E-state index contributed by atoms with van der Waals surface area (Å²) in [6.07, 6.45) is -3.87. The molecule has 0 spiro atoms. The van der Waals surface area contributed by atoms with E-state index in [1.807, 2.05) is 0 Å². The predicted molar refractivity (Wildman–Crippen MR) is 49.5 cm³/mol. The highest BCUT2D eigenvalue weighted by molar-refractivity contribution is 5.71. The van der Waals surface area contributed by atoms with Crippen molar-refractivity contribution in [1.82, 2.24) is 0 Å². The number of hydrogen-bond donors (Lipinski definition) is 0. The summed E-state index contributed by atoms with van der Waals surface area (Å²) in [6.45, 7) is 0. The van der Waals surface area contributed by atoms with Crippen molar-refractivity contribution in [2.45, 2.75) is 25.1 Å². The van der Waals surface area contributed by atoms with Crippen molar-refractivity contribution < 1.29 is 22.7 Å². The molecule has 1 atom stereocenters. The lowest BCUT2D eigenvalue weighted by atomic mass is 10.0.